The van der Waals surface area contributed by atoms with Crippen LogP contribution in [0.15, 0.2) is 72.8 Å². The van der Waals surface area contributed by atoms with E-state index in [-0.39, 0.29) is 5.75 Å². The molecule has 0 aromatic heterocycles. The summed E-state index contributed by atoms with van der Waals surface area (Å²) in [7, 11) is 1.70. The summed E-state index contributed by atoms with van der Waals surface area (Å²) in [5, 5.41) is 10.5. The molecule has 24 heavy (non-hydrogen) atoms. The van der Waals surface area contributed by atoms with Gasteiger partial charge in [-0.15, -0.1) is 0 Å². The van der Waals surface area contributed by atoms with Gasteiger partial charge in [0.2, 0.25) is 0 Å². The number of benzene rings is 3. The van der Waals surface area contributed by atoms with Crippen molar-refractivity contribution in [1.29, 1.82) is 0 Å². The van der Waals surface area contributed by atoms with Gasteiger partial charge in [-0.1, -0.05) is 66.7 Å². The molecule has 0 spiro atoms. The molecular formula is C22H20O2. The molecule has 4 rings (SSSR count). The Morgan fingerprint density at radius 1 is 0.833 bits per heavy atom. The molecule has 1 aliphatic carbocycles. The SMILES string of the molecule is [2H]C1(c2ccccc2O)c2ccccc2C(C)(OC)c2ccccc21. The zero-order chi connectivity index (χ0) is 17.7. The number of fused-ring (bicyclic) bond motifs is 2. The highest BCUT2D eigenvalue weighted by atomic mass is 16.5. The van der Waals surface area contributed by atoms with Gasteiger partial charge in [0.25, 0.3) is 0 Å². The van der Waals surface area contributed by atoms with Crippen LogP contribution in [-0.4, -0.2) is 12.2 Å². The third kappa shape index (κ3) is 2.00. The van der Waals surface area contributed by atoms with Crippen molar-refractivity contribution < 1.29 is 11.2 Å². The van der Waals surface area contributed by atoms with Crippen LogP contribution in [0.5, 0.6) is 5.75 Å². The summed E-state index contributed by atoms with van der Waals surface area (Å²) in [6.45, 7) is 2.04. The minimum atomic E-state index is -1.20. The molecule has 0 saturated heterocycles. The third-order valence-electron chi connectivity index (χ3n) is 5.00. The largest absolute Gasteiger partial charge is 0.508 e. The molecular weight excluding hydrogens is 296 g/mol. The molecule has 2 nitrogen and oxygen atoms in total. The molecule has 0 aliphatic heterocycles. The smallest absolute Gasteiger partial charge is 0.119 e. The first-order valence-electron chi connectivity index (χ1n) is 8.57. The molecule has 0 radical (unpaired) electrons. The standard InChI is InChI=1S/C22H20O2/c1-22(24-2)18-12-6-3-9-15(18)21(16-10-4-7-13-19(16)22)17-11-5-8-14-20(17)23/h3-14,21,23H,1-2H3/i21D. The van der Waals surface area contributed by atoms with E-state index in [1.165, 1.54) is 0 Å². The van der Waals surface area contributed by atoms with Crippen LogP contribution in [0.4, 0.5) is 0 Å². The van der Waals surface area contributed by atoms with E-state index in [9.17, 15) is 6.48 Å². The van der Waals surface area contributed by atoms with E-state index in [0.717, 1.165) is 22.3 Å². The van der Waals surface area contributed by atoms with Gasteiger partial charge in [-0.25, -0.2) is 0 Å². The first kappa shape index (κ1) is 13.8. The molecule has 2 heteroatoms. The van der Waals surface area contributed by atoms with Crippen molar-refractivity contribution in [3.05, 3.63) is 101 Å². The van der Waals surface area contributed by atoms with Crippen LogP contribution in [0.25, 0.3) is 0 Å². The lowest BCUT2D eigenvalue weighted by atomic mass is 9.68. The number of phenols is 1. The summed E-state index contributed by atoms with van der Waals surface area (Å²) < 4.78 is 15.4. The van der Waals surface area contributed by atoms with Crippen molar-refractivity contribution in [3.8, 4) is 5.75 Å². The quantitative estimate of drug-likeness (QED) is 0.736. The predicted molar refractivity (Wildman–Crippen MR) is 95.4 cm³/mol. The van der Waals surface area contributed by atoms with Gasteiger partial charge in [0, 0.05) is 19.9 Å². The highest BCUT2D eigenvalue weighted by molar-refractivity contribution is 5.60. The van der Waals surface area contributed by atoms with Crippen LogP contribution in [-0.2, 0) is 10.3 Å². The fourth-order valence-corrected chi connectivity index (χ4v) is 3.72. The Labute approximate surface area is 143 Å². The molecule has 3 aromatic carbocycles. The van der Waals surface area contributed by atoms with Gasteiger partial charge in [0.1, 0.15) is 11.4 Å². The lowest BCUT2D eigenvalue weighted by Crippen LogP contribution is -2.34. The number of rotatable bonds is 2. The minimum absolute atomic E-state index is 0.128. The van der Waals surface area contributed by atoms with Crippen LogP contribution < -0.4 is 0 Å². The molecule has 1 N–H and O–H groups in total. The molecule has 3 aromatic rings. The van der Waals surface area contributed by atoms with Gasteiger partial charge in [-0.2, -0.15) is 0 Å². The van der Waals surface area contributed by atoms with Crippen molar-refractivity contribution in [3.63, 3.8) is 0 Å². The van der Waals surface area contributed by atoms with Crippen molar-refractivity contribution in [1.82, 2.24) is 0 Å². The van der Waals surface area contributed by atoms with E-state index >= 15 is 0 Å². The Balaban J connectivity index is 2.15. The number of hydrogen-bond donors (Lipinski definition) is 1. The van der Waals surface area contributed by atoms with Crippen LogP contribution in [0.3, 0.4) is 0 Å². The molecule has 0 saturated carbocycles. The highest BCUT2D eigenvalue weighted by Crippen LogP contribution is 2.50. The molecule has 0 unspecified atom stereocenters. The van der Waals surface area contributed by atoms with E-state index in [4.69, 9.17) is 4.74 Å². The molecule has 120 valence electrons. The summed E-state index contributed by atoms with van der Waals surface area (Å²) in [4.78, 5) is 0. The Morgan fingerprint density at radius 2 is 1.29 bits per heavy atom. The number of hydrogen-bond acceptors (Lipinski definition) is 2. The third-order valence-corrected chi connectivity index (χ3v) is 5.00. The minimum Gasteiger partial charge on any atom is -0.508 e. The molecule has 1 aliphatic rings. The zero-order valence-electron chi connectivity index (χ0n) is 14.8. The average molecular weight is 317 g/mol. The summed E-state index contributed by atoms with van der Waals surface area (Å²) in [6.07, 6.45) is 0. The normalized spacial score (nSPS) is 25.5. The topological polar surface area (TPSA) is 29.5 Å². The van der Waals surface area contributed by atoms with Gasteiger partial charge >= 0.3 is 0 Å². The Bertz CT molecular complexity index is 901. The van der Waals surface area contributed by atoms with Gasteiger partial charge in [0.15, 0.2) is 0 Å². The van der Waals surface area contributed by atoms with E-state index in [2.05, 4.69) is 0 Å². The first-order valence-corrected chi connectivity index (χ1v) is 8.07. The monoisotopic (exact) mass is 317 g/mol. The van der Waals surface area contributed by atoms with Crippen LogP contribution in [0.1, 0.15) is 42.0 Å². The maximum absolute atomic E-state index is 10.5. The van der Waals surface area contributed by atoms with Gasteiger partial charge in [0.05, 0.1) is 0 Å². The first-order chi connectivity index (χ1) is 12.0. The summed E-state index contributed by atoms with van der Waals surface area (Å²) in [5.74, 6) is -1.07. The maximum atomic E-state index is 10.5. The van der Waals surface area contributed by atoms with E-state index in [0.29, 0.717) is 5.56 Å². The highest BCUT2D eigenvalue weighted by Gasteiger charge is 2.41. The summed E-state index contributed by atoms with van der Waals surface area (Å²) in [6, 6.07) is 22.9. The Hall–Kier alpha value is -2.58. The van der Waals surface area contributed by atoms with Crippen LogP contribution in [0, 0.1) is 0 Å². The van der Waals surface area contributed by atoms with E-state index in [1.54, 1.807) is 19.2 Å². The van der Waals surface area contributed by atoms with Crippen LogP contribution >= 0.6 is 0 Å². The lowest BCUT2D eigenvalue weighted by molar-refractivity contribution is 0.0352. The average Bonchev–Trinajstić information content (AvgIpc) is 2.66. The van der Waals surface area contributed by atoms with Crippen molar-refractivity contribution in [2.75, 3.05) is 7.11 Å². The summed E-state index contributed by atoms with van der Waals surface area (Å²) >= 11 is 0. The molecule has 0 heterocycles. The fourth-order valence-electron chi connectivity index (χ4n) is 3.72. The van der Waals surface area contributed by atoms with Crippen molar-refractivity contribution in [2.24, 2.45) is 0 Å². The second-order valence-electron chi connectivity index (χ2n) is 6.22. The second-order valence-corrected chi connectivity index (χ2v) is 6.22. The number of aromatic hydroxyl groups is 1. The van der Waals surface area contributed by atoms with Crippen molar-refractivity contribution in [2.45, 2.75) is 18.4 Å². The zero-order valence-corrected chi connectivity index (χ0v) is 13.8. The summed E-state index contributed by atoms with van der Waals surface area (Å²) in [5.41, 5.74) is 3.51. The number of phenolic OH excluding ortho intramolecular Hbond substituents is 1. The molecule has 0 amide bonds. The van der Waals surface area contributed by atoms with E-state index < -0.39 is 11.5 Å². The molecule has 0 fully saturated rings. The van der Waals surface area contributed by atoms with Gasteiger partial charge in [-0.05, 0) is 35.2 Å². The lowest BCUT2D eigenvalue weighted by Gasteiger charge is -2.40. The number of para-hydroxylation sites is 1. The van der Waals surface area contributed by atoms with Crippen molar-refractivity contribution >= 4 is 0 Å². The molecule has 0 atom stereocenters. The Kier molecular flexibility index (Phi) is 3.17. The van der Waals surface area contributed by atoms with Crippen LogP contribution in [0.2, 0.25) is 0 Å². The van der Waals surface area contributed by atoms with E-state index in [1.807, 2.05) is 67.6 Å². The molecule has 0 bridgehead atoms. The fraction of sp³-hybridized carbons (Fsp3) is 0.182. The second kappa shape index (κ2) is 5.50. The maximum Gasteiger partial charge on any atom is 0.119 e. The number of methoxy groups -OCH3 is 1. The predicted octanol–water partition coefficient (Wildman–Crippen LogP) is 4.80. The Morgan fingerprint density at radius 3 is 1.79 bits per heavy atom. The van der Waals surface area contributed by atoms with Gasteiger partial charge < -0.3 is 9.84 Å². The number of ether oxygens (including phenoxy) is 1. The van der Waals surface area contributed by atoms with Gasteiger partial charge in [-0.3, -0.25) is 0 Å².